The normalized spacial score (nSPS) is 18.8. The van der Waals surface area contributed by atoms with Crippen LogP contribution in [0.25, 0.3) is 0 Å². The number of benzene rings is 3. The molecule has 0 bridgehead atoms. The summed E-state index contributed by atoms with van der Waals surface area (Å²) >= 11 is 0. The van der Waals surface area contributed by atoms with Gasteiger partial charge in [0.2, 0.25) is 15.9 Å². The van der Waals surface area contributed by atoms with E-state index in [9.17, 15) is 26.4 Å². The number of hydrogen-bond donors (Lipinski definition) is 3. The Kier molecular flexibility index (Phi) is 8.54. The molecular weight excluding hydrogens is 551 g/mol. The number of alkyl halides is 3. The molecule has 3 atom stereocenters. The van der Waals surface area contributed by atoms with Gasteiger partial charge >= 0.3 is 6.18 Å². The molecule has 3 aromatic rings. The van der Waals surface area contributed by atoms with E-state index in [1.165, 1.54) is 24.0 Å². The number of hydrogen-bond acceptors (Lipinski definition) is 4. The van der Waals surface area contributed by atoms with E-state index in [-0.39, 0.29) is 24.4 Å². The smallest absolute Gasteiger partial charge is 0.349 e. The van der Waals surface area contributed by atoms with Gasteiger partial charge < -0.3 is 10.6 Å². The summed E-state index contributed by atoms with van der Waals surface area (Å²) in [4.78, 5) is 12.8. The highest BCUT2D eigenvalue weighted by atomic mass is 32.2. The lowest BCUT2D eigenvalue weighted by atomic mass is 9.85. The first-order valence-corrected chi connectivity index (χ1v) is 15.4. The van der Waals surface area contributed by atoms with Gasteiger partial charge in [-0.15, -0.1) is 0 Å². The maximum absolute atomic E-state index is 13.3. The summed E-state index contributed by atoms with van der Waals surface area (Å²) in [6.45, 7) is 2.16. The third kappa shape index (κ3) is 7.36. The van der Waals surface area contributed by atoms with Crippen LogP contribution in [-0.2, 0) is 27.4 Å². The summed E-state index contributed by atoms with van der Waals surface area (Å²) in [7, 11) is -4.37. The minimum atomic E-state index is -4.69. The Balaban J connectivity index is 1.32. The molecule has 6 nitrogen and oxygen atoms in total. The molecule has 10 heteroatoms. The molecule has 1 amide bonds. The average molecular weight is 586 g/mol. The third-order valence-corrected chi connectivity index (χ3v) is 9.21. The van der Waals surface area contributed by atoms with Crippen LogP contribution in [0.4, 0.5) is 13.2 Å². The summed E-state index contributed by atoms with van der Waals surface area (Å²) in [6, 6.07) is 18.2. The van der Waals surface area contributed by atoms with E-state index in [1.54, 1.807) is 30.3 Å². The second-order valence-electron chi connectivity index (χ2n) is 10.9. The molecule has 3 N–H and O–H groups in total. The van der Waals surface area contributed by atoms with Crippen molar-refractivity contribution in [1.29, 1.82) is 0 Å². The van der Waals surface area contributed by atoms with Crippen LogP contribution >= 0.6 is 0 Å². The average Bonchev–Trinajstić information content (AvgIpc) is 3.76. The van der Waals surface area contributed by atoms with Gasteiger partial charge in [-0.1, -0.05) is 54.6 Å². The molecule has 1 fully saturated rings. The molecule has 41 heavy (non-hydrogen) atoms. The molecule has 3 aromatic carbocycles. The van der Waals surface area contributed by atoms with E-state index in [0.29, 0.717) is 17.7 Å². The number of aryl methyl sites for hydroxylation is 1. The summed E-state index contributed by atoms with van der Waals surface area (Å²) in [5, 5.41) is 6.70. The third-order valence-electron chi connectivity index (χ3n) is 7.74. The zero-order chi connectivity index (χ0) is 29.2. The molecule has 0 saturated heterocycles. The highest BCUT2D eigenvalue weighted by Gasteiger charge is 2.33. The van der Waals surface area contributed by atoms with E-state index in [1.807, 2.05) is 0 Å². The maximum Gasteiger partial charge on any atom is 0.416 e. The molecule has 218 valence electrons. The molecule has 0 aliphatic heterocycles. The fourth-order valence-electron chi connectivity index (χ4n) is 5.40. The Morgan fingerprint density at radius 3 is 2.41 bits per heavy atom. The second kappa shape index (κ2) is 12.0. The summed E-state index contributed by atoms with van der Waals surface area (Å²) in [5.74, 6) is -0.351. The van der Waals surface area contributed by atoms with Crippen LogP contribution in [0, 0.1) is 0 Å². The molecule has 0 aromatic heterocycles. The number of carbonyl (C=O) groups is 1. The van der Waals surface area contributed by atoms with Crippen molar-refractivity contribution in [3.8, 4) is 0 Å². The Bertz CT molecular complexity index is 1490. The molecule has 1 unspecified atom stereocenters. The molecule has 2 aliphatic carbocycles. The Morgan fingerprint density at radius 2 is 1.71 bits per heavy atom. The number of sulfonamides is 1. The van der Waals surface area contributed by atoms with Crippen molar-refractivity contribution < 1.29 is 26.4 Å². The zero-order valence-corrected chi connectivity index (χ0v) is 23.6. The van der Waals surface area contributed by atoms with Crippen LogP contribution in [0.3, 0.4) is 0 Å². The van der Waals surface area contributed by atoms with Crippen molar-refractivity contribution in [2.24, 2.45) is 0 Å². The van der Waals surface area contributed by atoms with Gasteiger partial charge in [-0.25, -0.2) is 13.1 Å². The molecular formula is C31H34F3N3O3S. The van der Waals surface area contributed by atoms with Gasteiger partial charge in [0.1, 0.15) is 0 Å². The van der Waals surface area contributed by atoms with Crippen molar-refractivity contribution in [3.05, 3.63) is 101 Å². The van der Waals surface area contributed by atoms with Crippen LogP contribution in [0.1, 0.15) is 85.0 Å². The van der Waals surface area contributed by atoms with Crippen LogP contribution in [0.5, 0.6) is 0 Å². The van der Waals surface area contributed by atoms with E-state index in [4.69, 9.17) is 0 Å². The monoisotopic (exact) mass is 585 g/mol. The first-order valence-electron chi connectivity index (χ1n) is 13.9. The largest absolute Gasteiger partial charge is 0.416 e. The summed E-state index contributed by atoms with van der Waals surface area (Å²) in [6.07, 6.45) is 0.125. The SMILES string of the molecule is CC(NC1CC1)c1ccc2c(c1)CCC[C@H]2NC(=O)C[C@@H](NS(=O)(=O)c1cccc(C(F)(F)F)c1)c1ccccc1. The fraction of sp³-hybridized carbons (Fsp3) is 0.387. The number of fused-ring (bicyclic) bond motifs is 1. The lowest BCUT2D eigenvalue weighted by molar-refractivity contribution is -0.137. The second-order valence-corrected chi connectivity index (χ2v) is 12.7. The lowest BCUT2D eigenvalue weighted by Crippen LogP contribution is -2.36. The minimum absolute atomic E-state index is 0.205. The fourth-order valence-corrected chi connectivity index (χ4v) is 6.67. The van der Waals surface area contributed by atoms with Crippen molar-refractivity contribution >= 4 is 15.9 Å². The van der Waals surface area contributed by atoms with Crippen molar-refractivity contribution in [2.45, 2.75) is 80.7 Å². The molecule has 0 heterocycles. The lowest BCUT2D eigenvalue weighted by Gasteiger charge is -2.28. The number of nitrogens with one attached hydrogen (secondary N) is 3. The van der Waals surface area contributed by atoms with Gasteiger partial charge in [0, 0.05) is 18.5 Å². The molecule has 1 saturated carbocycles. The maximum atomic E-state index is 13.3. The van der Waals surface area contributed by atoms with Crippen LogP contribution in [0.2, 0.25) is 0 Å². The predicted molar refractivity (Wildman–Crippen MR) is 150 cm³/mol. The van der Waals surface area contributed by atoms with Crippen LogP contribution < -0.4 is 15.4 Å². The van der Waals surface area contributed by atoms with Gasteiger partial charge in [0.05, 0.1) is 22.5 Å². The predicted octanol–water partition coefficient (Wildman–Crippen LogP) is 6.12. The van der Waals surface area contributed by atoms with Gasteiger partial charge in [0.25, 0.3) is 0 Å². The zero-order valence-electron chi connectivity index (χ0n) is 22.7. The van der Waals surface area contributed by atoms with Crippen molar-refractivity contribution in [1.82, 2.24) is 15.4 Å². The number of rotatable bonds is 10. The topological polar surface area (TPSA) is 87.3 Å². The number of carbonyl (C=O) groups excluding carboxylic acids is 1. The van der Waals surface area contributed by atoms with Crippen LogP contribution in [-0.4, -0.2) is 20.4 Å². The van der Waals surface area contributed by atoms with Crippen molar-refractivity contribution in [2.75, 3.05) is 0 Å². The molecule has 2 aliphatic rings. The summed E-state index contributed by atoms with van der Waals surface area (Å²) < 4.78 is 68.5. The standard InChI is InChI=1S/C31H34F3N3O3S/c1-20(35-25-14-15-25)22-13-16-27-23(17-22)9-5-12-28(27)36-30(38)19-29(21-7-3-2-4-8-21)37-41(39,40)26-11-6-10-24(18-26)31(32,33)34/h2-4,6-8,10-11,13,16-18,20,25,28-29,35,37H,5,9,12,14-15,19H2,1H3,(H,36,38)/t20?,28-,29-/m1/s1. The number of amides is 1. The van der Waals surface area contributed by atoms with Gasteiger partial charge in [-0.2, -0.15) is 13.2 Å². The molecule has 0 radical (unpaired) electrons. The van der Waals surface area contributed by atoms with Gasteiger partial charge in [0.15, 0.2) is 0 Å². The van der Waals surface area contributed by atoms with Gasteiger partial charge in [-0.3, -0.25) is 4.79 Å². The van der Waals surface area contributed by atoms with Gasteiger partial charge in [-0.05, 0) is 79.5 Å². The van der Waals surface area contributed by atoms with Crippen LogP contribution in [0.15, 0.2) is 77.7 Å². The summed E-state index contributed by atoms with van der Waals surface area (Å²) in [5.41, 5.74) is 2.95. The quantitative estimate of drug-likeness (QED) is 0.268. The Labute approximate surface area is 238 Å². The number of halogens is 3. The van der Waals surface area contributed by atoms with Crippen molar-refractivity contribution in [3.63, 3.8) is 0 Å². The minimum Gasteiger partial charge on any atom is -0.349 e. The Morgan fingerprint density at radius 1 is 0.951 bits per heavy atom. The van der Waals surface area contributed by atoms with E-state index in [0.717, 1.165) is 43.0 Å². The highest BCUT2D eigenvalue weighted by Crippen LogP contribution is 2.34. The van der Waals surface area contributed by atoms with E-state index < -0.39 is 32.7 Å². The molecule has 0 spiro atoms. The highest BCUT2D eigenvalue weighted by molar-refractivity contribution is 7.89. The van der Waals surface area contributed by atoms with E-state index in [2.05, 4.69) is 40.5 Å². The molecule has 5 rings (SSSR count). The Hall–Kier alpha value is -3.21. The van der Waals surface area contributed by atoms with E-state index >= 15 is 0 Å². The first-order chi connectivity index (χ1) is 19.5. The first kappa shape index (κ1) is 29.3.